The minimum atomic E-state index is -1.62. The van der Waals surface area contributed by atoms with E-state index < -0.39 is 19.7 Å². The Balaban J connectivity index is 0.000000312. The molecule has 3 nitrogen and oxygen atoms in total. The van der Waals surface area contributed by atoms with Crippen LogP contribution >= 0.6 is 11.3 Å². The normalized spacial score (nSPS) is 12.4. The van der Waals surface area contributed by atoms with Gasteiger partial charge >= 0.3 is 0 Å². The minimum absolute atomic E-state index is 0. The van der Waals surface area contributed by atoms with Crippen LogP contribution in [0, 0.1) is 28.5 Å². The largest absolute Gasteiger partial charge is 0.512 e. The molecule has 0 spiro atoms. The first-order valence-electron chi connectivity index (χ1n) is 16.9. The number of benzene rings is 3. The van der Waals surface area contributed by atoms with Gasteiger partial charge in [0, 0.05) is 64.5 Å². The molecule has 2 heterocycles. The third-order valence-corrected chi connectivity index (χ3v) is 13.3. The van der Waals surface area contributed by atoms with Crippen LogP contribution in [0.25, 0.3) is 42.6 Å². The molecule has 263 valence electrons. The van der Waals surface area contributed by atoms with E-state index in [1.165, 1.54) is 40.1 Å². The van der Waals surface area contributed by atoms with Crippen LogP contribution in [0.5, 0.6) is 0 Å². The number of ketones is 1. The van der Waals surface area contributed by atoms with Gasteiger partial charge in [-0.1, -0.05) is 90.3 Å². The quantitative estimate of drug-likeness (QED) is 0.0658. The smallest absolute Gasteiger partial charge is 0.164 e. The van der Waals surface area contributed by atoms with E-state index in [0.717, 1.165) is 63.4 Å². The van der Waals surface area contributed by atoms with Gasteiger partial charge in [0.2, 0.25) is 0 Å². The number of hydrogen-bond acceptors (Lipinski definition) is 4. The number of halogens is 2. The van der Waals surface area contributed by atoms with Gasteiger partial charge < -0.3 is 5.11 Å². The van der Waals surface area contributed by atoms with Gasteiger partial charge in [0.1, 0.15) is 17.4 Å². The fourth-order valence-electron chi connectivity index (χ4n) is 5.66. The van der Waals surface area contributed by atoms with Gasteiger partial charge in [0.05, 0.1) is 8.07 Å². The summed E-state index contributed by atoms with van der Waals surface area (Å²) < 4.78 is 28.5. The van der Waals surface area contributed by atoms with Gasteiger partial charge in [0.15, 0.2) is 5.78 Å². The van der Waals surface area contributed by atoms with Crippen LogP contribution in [0.15, 0.2) is 78.7 Å². The molecule has 3 aromatic carbocycles. The van der Waals surface area contributed by atoms with Gasteiger partial charge in [0.25, 0.3) is 0 Å². The average molecular weight is 877 g/mol. The van der Waals surface area contributed by atoms with Crippen molar-refractivity contribution < 1.29 is 38.8 Å². The van der Waals surface area contributed by atoms with Crippen molar-refractivity contribution in [2.45, 2.75) is 86.9 Å². The van der Waals surface area contributed by atoms with Crippen LogP contribution in [-0.2, 0) is 24.9 Å². The molecule has 0 saturated heterocycles. The summed E-state index contributed by atoms with van der Waals surface area (Å²) in [5.74, 6) is -0.865. The van der Waals surface area contributed by atoms with Gasteiger partial charge in [-0.3, -0.25) is 9.78 Å². The maximum atomic E-state index is 13.8. The Kier molecular flexibility index (Phi) is 13.5. The zero-order valence-corrected chi connectivity index (χ0v) is 34.3. The van der Waals surface area contributed by atoms with E-state index in [2.05, 4.69) is 50.0 Å². The number of carbonyl (C=O) groups is 1. The number of pyridine rings is 1. The summed E-state index contributed by atoms with van der Waals surface area (Å²) in [4.78, 5) is 17.7. The van der Waals surface area contributed by atoms with Gasteiger partial charge in [-0.15, -0.1) is 40.1 Å². The van der Waals surface area contributed by atoms with E-state index in [1.807, 2.05) is 59.7 Å². The van der Waals surface area contributed by atoms with Crippen molar-refractivity contribution >= 4 is 51.2 Å². The molecule has 5 aromatic rings. The number of aliphatic hydroxyl groups is 1. The second-order valence-corrected chi connectivity index (χ2v) is 20.3. The molecule has 0 bridgehead atoms. The Hall–Kier alpha value is -3.03. The van der Waals surface area contributed by atoms with E-state index in [-0.39, 0.29) is 42.5 Å². The van der Waals surface area contributed by atoms with E-state index in [4.69, 9.17) is 4.98 Å². The van der Waals surface area contributed by atoms with Crippen LogP contribution in [-0.4, -0.2) is 23.9 Å². The van der Waals surface area contributed by atoms with Crippen molar-refractivity contribution in [1.82, 2.24) is 4.98 Å². The van der Waals surface area contributed by atoms with Crippen LogP contribution in [0.4, 0.5) is 8.78 Å². The summed E-state index contributed by atoms with van der Waals surface area (Å²) in [6.45, 7) is 19.1. The summed E-state index contributed by atoms with van der Waals surface area (Å²) >= 11 is 1.50. The molecule has 0 aliphatic heterocycles. The van der Waals surface area contributed by atoms with Crippen molar-refractivity contribution in [3.05, 3.63) is 96.4 Å². The van der Waals surface area contributed by atoms with Gasteiger partial charge in [-0.25, -0.2) is 8.78 Å². The fourth-order valence-corrected chi connectivity index (χ4v) is 8.41. The van der Waals surface area contributed by atoms with Crippen molar-refractivity contribution in [2.24, 2.45) is 10.8 Å². The number of thiophene rings is 1. The standard InChI is InChI=1S/C26H20F2NSSi.C15H28O2.Ir/c1-31(2,3)24-14-19(10-16-6-4-5-7-22(16)24)25-26-17(8-9-29-25)13-23(30-26)18-11-20(27)15-21(28)12-18;1-7-14(5,8-2)12(16)11-13(17)15(6,9-3)10-4;/h4-9,11-15H,1-3H3;11,16H,7-10H2,1-6H3;/q-1;;/b;12-11-;. The van der Waals surface area contributed by atoms with E-state index in [0.29, 0.717) is 5.56 Å². The van der Waals surface area contributed by atoms with Crippen molar-refractivity contribution in [1.29, 1.82) is 0 Å². The Morgan fingerprint density at radius 1 is 0.898 bits per heavy atom. The number of hydrogen-bond donors (Lipinski definition) is 1. The third-order valence-electron chi connectivity index (χ3n) is 10.0. The maximum absolute atomic E-state index is 13.8. The summed E-state index contributed by atoms with van der Waals surface area (Å²) in [5.41, 5.74) is 1.75. The van der Waals surface area contributed by atoms with E-state index in [1.54, 1.807) is 6.20 Å². The summed E-state index contributed by atoms with van der Waals surface area (Å²) in [7, 11) is -1.62. The van der Waals surface area contributed by atoms with E-state index in [9.17, 15) is 18.7 Å². The van der Waals surface area contributed by atoms with Crippen molar-refractivity contribution in [2.75, 3.05) is 0 Å². The Morgan fingerprint density at radius 3 is 2.06 bits per heavy atom. The first-order valence-corrected chi connectivity index (χ1v) is 21.2. The molecule has 0 amide bonds. The summed E-state index contributed by atoms with van der Waals surface area (Å²) in [6.07, 6.45) is 6.54. The zero-order valence-electron chi connectivity index (χ0n) is 30.1. The molecule has 0 saturated carbocycles. The molecule has 2 aromatic heterocycles. The van der Waals surface area contributed by atoms with E-state index >= 15 is 0 Å². The fraction of sp³-hybridized carbons (Fsp3) is 0.366. The third kappa shape index (κ3) is 9.01. The van der Waals surface area contributed by atoms with Crippen molar-refractivity contribution in [3.8, 4) is 21.7 Å². The van der Waals surface area contributed by atoms with Crippen molar-refractivity contribution in [3.63, 3.8) is 0 Å². The number of carbonyl (C=O) groups excluding carboxylic acids is 1. The predicted octanol–water partition coefficient (Wildman–Crippen LogP) is 12.1. The monoisotopic (exact) mass is 877 g/mol. The molecule has 1 radical (unpaired) electrons. The Bertz CT molecular complexity index is 1930. The van der Waals surface area contributed by atoms with Crippen LogP contribution in [0.3, 0.4) is 0 Å². The molecule has 49 heavy (non-hydrogen) atoms. The molecular weight excluding hydrogens is 829 g/mol. The molecular formula is C41H48F2IrNO2SSi-. The second-order valence-electron chi connectivity index (χ2n) is 14.2. The number of aliphatic hydroxyl groups excluding tert-OH is 1. The average Bonchev–Trinajstić information content (AvgIpc) is 3.51. The molecule has 5 rings (SSSR count). The molecule has 8 heteroatoms. The van der Waals surface area contributed by atoms with Crippen LogP contribution in [0.1, 0.15) is 67.2 Å². The zero-order chi connectivity index (χ0) is 35.4. The molecule has 0 fully saturated rings. The van der Waals surface area contributed by atoms with Crippen LogP contribution in [0.2, 0.25) is 19.6 Å². The molecule has 0 aliphatic rings. The maximum Gasteiger partial charge on any atom is 0.164 e. The number of aromatic nitrogens is 1. The minimum Gasteiger partial charge on any atom is -0.512 e. The molecule has 0 atom stereocenters. The Labute approximate surface area is 309 Å². The van der Waals surface area contributed by atoms with Gasteiger partial charge in [-0.2, -0.15) is 0 Å². The second kappa shape index (κ2) is 16.3. The number of nitrogens with zero attached hydrogens (tertiary/aromatic N) is 1. The number of rotatable bonds is 10. The Morgan fingerprint density at radius 2 is 1.49 bits per heavy atom. The molecule has 0 unspecified atom stereocenters. The summed E-state index contributed by atoms with van der Waals surface area (Å²) in [5, 5.41) is 14.8. The molecule has 0 aliphatic carbocycles. The number of fused-ring (bicyclic) bond motifs is 2. The first kappa shape index (κ1) is 40.4. The predicted molar refractivity (Wildman–Crippen MR) is 203 cm³/mol. The molecule has 1 N–H and O–H groups in total. The van der Waals surface area contributed by atoms with Gasteiger partial charge in [-0.05, 0) is 60.9 Å². The number of allylic oxidation sites excluding steroid dienone is 2. The first-order chi connectivity index (χ1) is 22.6. The topological polar surface area (TPSA) is 50.2 Å². The summed E-state index contributed by atoms with van der Waals surface area (Å²) in [6, 6.07) is 21.7. The van der Waals surface area contributed by atoms with Crippen LogP contribution < -0.4 is 5.19 Å². The SMILES string of the molecule is CCC(C)(CC)C(=O)/C=C(\O)C(C)(CC)CC.C[Si](C)(C)c1cc(-c2nccc3cc(-c4cc(F)cc(F)c4)sc23)[c-]c2ccccc12.[Ir].